The van der Waals surface area contributed by atoms with Crippen LogP contribution >= 0.6 is 12.6 Å². The average molecular weight is 164 g/mol. The molecule has 0 aromatic carbocycles. The van der Waals surface area contributed by atoms with Crippen molar-refractivity contribution in [1.29, 1.82) is 0 Å². The second-order valence-corrected chi connectivity index (χ2v) is 5.81. The van der Waals surface area contributed by atoms with Crippen LogP contribution in [0.15, 0.2) is 0 Å². The Kier molecular flexibility index (Phi) is 4.61. The quantitative estimate of drug-likeness (QED) is 0.493. The summed E-state index contributed by atoms with van der Waals surface area (Å²) in [7, 11) is -0.833. The molecule has 0 aromatic heterocycles. The number of hydrogen-bond acceptors (Lipinski definition) is 2. The predicted octanol–water partition coefficient (Wildman–Crippen LogP) is 1.69. The van der Waals surface area contributed by atoms with Crippen LogP contribution in [-0.4, -0.2) is 20.4 Å². The molecule has 0 N–H and O–H groups in total. The lowest BCUT2D eigenvalue weighted by atomic mass is 10.3. The van der Waals surface area contributed by atoms with Crippen LogP contribution in [0, 0.1) is 0 Å². The van der Waals surface area contributed by atoms with Gasteiger partial charge >= 0.3 is 0 Å². The Morgan fingerprint density at radius 3 is 1.89 bits per heavy atom. The molecule has 0 aliphatic heterocycles. The summed E-state index contributed by atoms with van der Waals surface area (Å²) < 4.78 is 5.57. The van der Waals surface area contributed by atoms with Gasteiger partial charge in [-0.25, -0.2) is 0 Å². The minimum Gasteiger partial charge on any atom is -0.417 e. The number of thiol groups is 1. The highest BCUT2D eigenvalue weighted by molar-refractivity contribution is 7.81. The molecule has 56 valence electrons. The lowest BCUT2D eigenvalue weighted by molar-refractivity contribution is 0.227. The van der Waals surface area contributed by atoms with Gasteiger partial charge in [0.2, 0.25) is 0 Å². The summed E-state index contributed by atoms with van der Waals surface area (Å²) in [6, 6.07) is 0. The molecule has 0 saturated heterocycles. The van der Waals surface area contributed by atoms with E-state index in [9.17, 15) is 0 Å². The Hall–Kier alpha value is 0.527. The van der Waals surface area contributed by atoms with Gasteiger partial charge in [0.05, 0.1) is 6.10 Å². The van der Waals surface area contributed by atoms with Crippen LogP contribution in [0.25, 0.3) is 0 Å². The Bertz CT molecular complexity index is 75.5. The van der Waals surface area contributed by atoms with Crippen LogP contribution < -0.4 is 0 Å². The largest absolute Gasteiger partial charge is 0.417 e. The van der Waals surface area contributed by atoms with E-state index in [-0.39, 0.29) is 0 Å². The summed E-state index contributed by atoms with van der Waals surface area (Å²) in [5.41, 5.74) is 0. The van der Waals surface area contributed by atoms with Crippen molar-refractivity contribution < 1.29 is 4.43 Å². The third-order valence-electron chi connectivity index (χ3n) is 1.17. The minimum absolute atomic E-state index is 0.319. The highest BCUT2D eigenvalue weighted by atomic mass is 32.1. The van der Waals surface area contributed by atoms with Crippen LogP contribution in [0.4, 0.5) is 0 Å². The normalized spacial score (nSPS) is 18.0. The standard InChI is InChI=1S/C6H16OSSi/c1-5(6(2)8)7-9(3)4/h5-6,8-9H,1-4H3. The molecule has 0 heterocycles. The molecule has 0 bridgehead atoms. The van der Waals surface area contributed by atoms with Crippen molar-refractivity contribution in [2.45, 2.75) is 38.3 Å². The summed E-state index contributed by atoms with van der Waals surface area (Å²) in [5, 5.41) is 0.361. The molecule has 2 unspecified atom stereocenters. The molecule has 0 spiro atoms. The molecule has 0 radical (unpaired) electrons. The van der Waals surface area contributed by atoms with Crippen molar-refractivity contribution in [3.8, 4) is 0 Å². The predicted molar refractivity (Wildman–Crippen MR) is 47.9 cm³/mol. The van der Waals surface area contributed by atoms with Crippen molar-refractivity contribution in [3.63, 3.8) is 0 Å². The number of rotatable bonds is 3. The van der Waals surface area contributed by atoms with E-state index in [2.05, 4.69) is 39.6 Å². The van der Waals surface area contributed by atoms with Gasteiger partial charge in [-0.3, -0.25) is 0 Å². The first-order valence-corrected chi connectivity index (χ1v) is 6.67. The van der Waals surface area contributed by atoms with Gasteiger partial charge in [0.25, 0.3) is 0 Å². The molecule has 0 fully saturated rings. The van der Waals surface area contributed by atoms with Crippen molar-refractivity contribution >= 4 is 21.7 Å². The highest BCUT2D eigenvalue weighted by Gasteiger charge is 2.09. The third kappa shape index (κ3) is 5.00. The Labute approximate surface area is 64.9 Å². The van der Waals surface area contributed by atoms with Crippen molar-refractivity contribution in [2.75, 3.05) is 0 Å². The van der Waals surface area contributed by atoms with Crippen molar-refractivity contribution in [2.24, 2.45) is 0 Å². The Balaban J connectivity index is 3.38. The van der Waals surface area contributed by atoms with E-state index in [1.807, 2.05) is 0 Å². The Morgan fingerprint density at radius 2 is 1.78 bits per heavy atom. The fourth-order valence-corrected chi connectivity index (χ4v) is 1.84. The summed E-state index contributed by atoms with van der Waals surface area (Å²) in [5.74, 6) is 0. The van der Waals surface area contributed by atoms with Gasteiger partial charge in [0, 0.05) is 5.25 Å². The molecule has 1 nitrogen and oxygen atoms in total. The molecule has 0 amide bonds. The van der Waals surface area contributed by atoms with E-state index in [1.54, 1.807) is 0 Å². The zero-order chi connectivity index (χ0) is 7.44. The van der Waals surface area contributed by atoms with Crippen LogP contribution in [0.1, 0.15) is 13.8 Å². The fraction of sp³-hybridized carbons (Fsp3) is 1.00. The lowest BCUT2D eigenvalue weighted by Crippen LogP contribution is -2.24. The van der Waals surface area contributed by atoms with Gasteiger partial charge in [0.1, 0.15) is 0 Å². The van der Waals surface area contributed by atoms with Gasteiger partial charge in [-0.15, -0.1) is 0 Å². The van der Waals surface area contributed by atoms with E-state index >= 15 is 0 Å². The number of hydrogen-bond donors (Lipinski definition) is 1. The maximum Gasteiger partial charge on any atom is 0.171 e. The van der Waals surface area contributed by atoms with Crippen LogP contribution in [-0.2, 0) is 4.43 Å². The first kappa shape index (κ1) is 9.53. The van der Waals surface area contributed by atoms with Crippen LogP contribution in [0.3, 0.4) is 0 Å². The van der Waals surface area contributed by atoms with Gasteiger partial charge in [0.15, 0.2) is 9.04 Å². The molecular weight excluding hydrogens is 148 g/mol. The van der Waals surface area contributed by atoms with Gasteiger partial charge in [-0.1, -0.05) is 6.92 Å². The van der Waals surface area contributed by atoms with Crippen LogP contribution in [0.2, 0.25) is 13.1 Å². The summed E-state index contributed by atoms with van der Waals surface area (Å²) in [6.45, 7) is 8.48. The van der Waals surface area contributed by atoms with Gasteiger partial charge in [-0.05, 0) is 20.0 Å². The van der Waals surface area contributed by atoms with Gasteiger partial charge < -0.3 is 4.43 Å². The smallest absolute Gasteiger partial charge is 0.171 e. The van der Waals surface area contributed by atoms with Crippen molar-refractivity contribution in [3.05, 3.63) is 0 Å². The molecule has 0 aliphatic carbocycles. The van der Waals surface area contributed by atoms with Crippen molar-refractivity contribution in [1.82, 2.24) is 0 Å². The molecule has 3 heteroatoms. The molecule has 0 aromatic rings. The molecule has 2 atom stereocenters. The van der Waals surface area contributed by atoms with E-state index in [0.29, 0.717) is 11.4 Å². The minimum atomic E-state index is -0.833. The Morgan fingerprint density at radius 1 is 1.33 bits per heavy atom. The zero-order valence-corrected chi connectivity index (χ0v) is 8.64. The summed E-state index contributed by atoms with van der Waals surface area (Å²) in [6.07, 6.45) is 0.319. The summed E-state index contributed by atoms with van der Waals surface area (Å²) >= 11 is 4.26. The molecular formula is C6H16OSSi. The topological polar surface area (TPSA) is 9.23 Å². The molecule has 0 saturated carbocycles. The van der Waals surface area contributed by atoms with E-state index in [1.165, 1.54) is 0 Å². The molecule has 0 aliphatic rings. The SMILES string of the molecule is CC(S)C(C)O[SiH](C)C. The molecule has 0 rings (SSSR count). The fourth-order valence-electron chi connectivity index (χ4n) is 0.543. The third-order valence-corrected chi connectivity index (χ3v) is 2.56. The summed E-state index contributed by atoms with van der Waals surface area (Å²) in [4.78, 5) is 0. The monoisotopic (exact) mass is 164 g/mol. The zero-order valence-electron chi connectivity index (χ0n) is 6.59. The second kappa shape index (κ2) is 4.36. The first-order valence-electron chi connectivity index (χ1n) is 3.37. The highest BCUT2D eigenvalue weighted by Crippen LogP contribution is 2.05. The first-order chi connectivity index (χ1) is 4.04. The van der Waals surface area contributed by atoms with E-state index in [0.717, 1.165) is 0 Å². The van der Waals surface area contributed by atoms with E-state index in [4.69, 9.17) is 4.43 Å². The second-order valence-electron chi connectivity index (χ2n) is 2.63. The lowest BCUT2D eigenvalue weighted by Gasteiger charge is -2.18. The maximum absolute atomic E-state index is 5.57. The van der Waals surface area contributed by atoms with E-state index < -0.39 is 9.04 Å². The van der Waals surface area contributed by atoms with Gasteiger partial charge in [-0.2, -0.15) is 12.6 Å². The maximum atomic E-state index is 5.57. The average Bonchev–Trinajstić information content (AvgIpc) is 1.63. The van der Waals surface area contributed by atoms with Crippen LogP contribution in [0.5, 0.6) is 0 Å². The molecule has 9 heavy (non-hydrogen) atoms.